The molecule has 2 aliphatic carbocycles. The van der Waals surface area contributed by atoms with Crippen molar-refractivity contribution < 1.29 is 9.59 Å². The lowest BCUT2D eigenvalue weighted by atomic mass is 9.95. The van der Waals surface area contributed by atoms with Crippen molar-refractivity contribution in [3.8, 4) is 0 Å². The van der Waals surface area contributed by atoms with E-state index in [0.717, 1.165) is 32.1 Å². The minimum atomic E-state index is -0.135. The number of nitrogens with zero attached hydrogens (tertiary/aromatic N) is 2. The summed E-state index contributed by atoms with van der Waals surface area (Å²) in [6, 6.07) is 0.436. The molecule has 4 N–H and O–H groups in total. The molecule has 0 radical (unpaired) electrons. The van der Waals surface area contributed by atoms with Crippen molar-refractivity contribution in [1.29, 1.82) is 0 Å². The fourth-order valence-electron chi connectivity index (χ4n) is 4.00. The third-order valence-corrected chi connectivity index (χ3v) is 5.45. The van der Waals surface area contributed by atoms with Gasteiger partial charge in [-0.3, -0.25) is 14.3 Å². The number of carbonyl (C=O) groups is 2. The summed E-state index contributed by atoms with van der Waals surface area (Å²) in [5.74, 6) is 0.186. The highest BCUT2D eigenvalue weighted by Gasteiger charge is 2.28. The van der Waals surface area contributed by atoms with E-state index in [9.17, 15) is 9.59 Å². The molecule has 1 heterocycles. The molecule has 2 fully saturated rings. The Balaban J connectivity index is 1.49. The molecule has 25 heavy (non-hydrogen) atoms. The third-order valence-electron chi connectivity index (χ3n) is 5.45. The second kappa shape index (κ2) is 8.47. The molecule has 1 aromatic heterocycles. The van der Waals surface area contributed by atoms with Gasteiger partial charge in [0.1, 0.15) is 6.54 Å². The highest BCUT2D eigenvalue weighted by molar-refractivity contribution is 5.94. The summed E-state index contributed by atoms with van der Waals surface area (Å²) in [5.41, 5.74) is 6.26. The second-order valence-electron chi connectivity index (χ2n) is 7.34. The van der Waals surface area contributed by atoms with Gasteiger partial charge in [0.05, 0.1) is 11.8 Å². The van der Waals surface area contributed by atoms with Crippen molar-refractivity contribution in [2.45, 2.75) is 70.0 Å². The van der Waals surface area contributed by atoms with Crippen molar-refractivity contribution >= 4 is 11.8 Å². The topological polar surface area (TPSA) is 102 Å². The van der Waals surface area contributed by atoms with E-state index in [4.69, 9.17) is 5.73 Å². The van der Waals surface area contributed by atoms with Crippen LogP contribution in [0, 0.1) is 5.92 Å². The SMILES string of the molecule is NCC1CCCC1NC(=O)c1cnn(CC(=O)NC2CCCCC2)c1. The van der Waals surface area contributed by atoms with E-state index in [2.05, 4.69) is 15.7 Å². The van der Waals surface area contributed by atoms with Crippen LogP contribution in [0.3, 0.4) is 0 Å². The molecule has 7 heteroatoms. The minimum Gasteiger partial charge on any atom is -0.352 e. The molecule has 0 saturated heterocycles. The smallest absolute Gasteiger partial charge is 0.254 e. The summed E-state index contributed by atoms with van der Waals surface area (Å²) in [6.45, 7) is 0.754. The number of nitrogens with two attached hydrogens (primary N) is 1. The van der Waals surface area contributed by atoms with Crippen LogP contribution in [-0.2, 0) is 11.3 Å². The Kier molecular flexibility index (Phi) is 6.07. The van der Waals surface area contributed by atoms with Gasteiger partial charge in [-0.15, -0.1) is 0 Å². The van der Waals surface area contributed by atoms with Crippen molar-refractivity contribution in [3.63, 3.8) is 0 Å². The molecule has 3 rings (SSSR count). The molecule has 2 amide bonds. The van der Waals surface area contributed by atoms with Crippen LogP contribution in [-0.4, -0.2) is 40.2 Å². The van der Waals surface area contributed by atoms with E-state index in [1.165, 1.54) is 30.1 Å². The molecule has 0 aromatic carbocycles. The fraction of sp³-hybridized carbons (Fsp3) is 0.722. The molecule has 2 unspecified atom stereocenters. The predicted octanol–water partition coefficient (Wildman–Crippen LogP) is 1.19. The molecule has 2 saturated carbocycles. The first-order valence-corrected chi connectivity index (χ1v) is 9.48. The first kappa shape index (κ1) is 17.9. The Labute approximate surface area is 148 Å². The molecule has 0 aliphatic heterocycles. The maximum Gasteiger partial charge on any atom is 0.254 e. The molecule has 138 valence electrons. The number of aromatic nitrogens is 2. The largest absolute Gasteiger partial charge is 0.352 e. The van der Waals surface area contributed by atoms with Gasteiger partial charge in [-0.2, -0.15) is 5.10 Å². The number of carbonyl (C=O) groups excluding carboxylic acids is 2. The fourth-order valence-corrected chi connectivity index (χ4v) is 4.00. The zero-order chi connectivity index (χ0) is 17.6. The van der Waals surface area contributed by atoms with Gasteiger partial charge in [-0.05, 0) is 38.1 Å². The first-order valence-electron chi connectivity index (χ1n) is 9.48. The summed E-state index contributed by atoms with van der Waals surface area (Å²) in [6.07, 6.45) is 12.1. The summed E-state index contributed by atoms with van der Waals surface area (Å²) in [4.78, 5) is 24.5. The van der Waals surface area contributed by atoms with Crippen LogP contribution in [0.1, 0.15) is 61.7 Å². The highest BCUT2D eigenvalue weighted by Crippen LogP contribution is 2.24. The predicted molar refractivity (Wildman–Crippen MR) is 94.9 cm³/mol. The lowest BCUT2D eigenvalue weighted by molar-refractivity contribution is -0.122. The van der Waals surface area contributed by atoms with Gasteiger partial charge >= 0.3 is 0 Å². The number of hydrogen-bond donors (Lipinski definition) is 3. The molecule has 1 aromatic rings. The number of hydrogen-bond acceptors (Lipinski definition) is 4. The van der Waals surface area contributed by atoms with E-state index in [-0.39, 0.29) is 30.4 Å². The van der Waals surface area contributed by atoms with E-state index in [1.807, 2.05) is 0 Å². The van der Waals surface area contributed by atoms with Crippen LogP contribution in [0.2, 0.25) is 0 Å². The van der Waals surface area contributed by atoms with Gasteiger partial charge in [-0.25, -0.2) is 0 Å². The quantitative estimate of drug-likeness (QED) is 0.719. The Morgan fingerprint density at radius 1 is 1.12 bits per heavy atom. The molecule has 0 bridgehead atoms. The summed E-state index contributed by atoms with van der Waals surface area (Å²) in [7, 11) is 0. The Morgan fingerprint density at radius 3 is 2.68 bits per heavy atom. The monoisotopic (exact) mass is 347 g/mol. The molecular formula is C18H29N5O2. The zero-order valence-electron chi connectivity index (χ0n) is 14.7. The van der Waals surface area contributed by atoms with Crippen molar-refractivity contribution in [2.24, 2.45) is 11.7 Å². The van der Waals surface area contributed by atoms with Gasteiger partial charge in [0, 0.05) is 18.3 Å². The Bertz CT molecular complexity index is 594. The highest BCUT2D eigenvalue weighted by atomic mass is 16.2. The van der Waals surface area contributed by atoms with Gasteiger partial charge in [0.25, 0.3) is 5.91 Å². The molecule has 2 aliphatic rings. The molecule has 7 nitrogen and oxygen atoms in total. The third kappa shape index (κ3) is 4.81. The summed E-state index contributed by atoms with van der Waals surface area (Å²) < 4.78 is 1.53. The summed E-state index contributed by atoms with van der Waals surface area (Å²) in [5, 5.41) is 10.3. The van der Waals surface area contributed by atoms with Gasteiger partial charge in [0.2, 0.25) is 5.91 Å². The molecule has 2 atom stereocenters. The average molecular weight is 347 g/mol. The number of rotatable bonds is 6. The maximum absolute atomic E-state index is 12.4. The number of nitrogens with one attached hydrogen (secondary N) is 2. The second-order valence-corrected chi connectivity index (χ2v) is 7.34. The van der Waals surface area contributed by atoms with Gasteiger partial charge in [-0.1, -0.05) is 25.7 Å². The standard InChI is InChI=1S/C18H29N5O2/c19-9-13-5-4-8-16(13)22-18(25)14-10-20-23(11-14)12-17(24)21-15-6-2-1-3-7-15/h10-11,13,15-16H,1-9,12,19H2,(H,21,24)(H,22,25). The lowest BCUT2D eigenvalue weighted by Gasteiger charge is -2.22. The average Bonchev–Trinajstić information content (AvgIpc) is 3.24. The summed E-state index contributed by atoms with van der Waals surface area (Å²) >= 11 is 0. The first-order chi connectivity index (χ1) is 12.2. The van der Waals surface area contributed by atoms with E-state index in [1.54, 1.807) is 6.20 Å². The van der Waals surface area contributed by atoms with Crippen LogP contribution < -0.4 is 16.4 Å². The normalized spacial score (nSPS) is 24.2. The van der Waals surface area contributed by atoms with Crippen LogP contribution >= 0.6 is 0 Å². The van der Waals surface area contributed by atoms with Gasteiger partial charge in [0.15, 0.2) is 0 Å². The van der Waals surface area contributed by atoms with Crippen LogP contribution in [0.25, 0.3) is 0 Å². The Hall–Kier alpha value is -1.89. The van der Waals surface area contributed by atoms with Crippen LogP contribution in [0.5, 0.6) is 0 Å². The maximum atomic E-state index is 12.4. The van der Waals surface area contributed by atoms with E-state index >= 15 is 0 Å². The minimum absolute atomic E-state index is 0.0408. The van der Waals surface area contributed by atoms with Crippen molar-refractivity contribution in [1.82, 2.24) is 20.4 Å². The van der Waals surface area contributed by atoms with E-state index < -0.39 is 0 Å². The Morgan fingerprint density at radius 2 is 1.92 bits per heavy atom. The van der Waals surface area contributed by atoms with Crippen molar-refractivity contribution in [3.05, 3.63) is 18.0 Å². The molecule has 0 spiro atoms. The molecular weight excluding hydrogens is 318 g/mol. The van der Waals surface area contributed by atoms with Crippen molar-refractivity contribution in [2.75, 3.05) is 6.54 Å². The lowest BCUT2D eigenvalue weighted by Crippen LogP contribution is -2.39. The van der Waals surface area contributed by atoms with Crippen LogP contribution in [0.15, 0.2) is 12.4 Å². The van der Waals surface area contributed by atoms with E-state index in [0.29, 0.717) is 18.0 Å². The van der Waals surface area contributed by atoms with Gasteiger partial charge < -0.3 is 16.4 Å². The zero-order valence-corrected chi connectivity index (χ0v) is 14.7. The van der Waals surface area contributed by atoms with Crippen LogP contribution in [0.4, 0.5) is 0 Å². The number of amides is 2.